The number of morpholine rings is 1. The summed E-state index contributed by atoms with van der Waals surface area (Å²) in [5.41, 5.74) is -0.440. The fourth-order valence-corrected chi connectivity index (χ4v) is 3.08. The molecule has 0 aromatic carbocycles. The zero-order valence-corrected chi connectivity index (χ0v) is 14.8. The van der Waals surface area contributed by atoms with Gasteiger partial charge in [-0.3, -0.25) is 4.40 Å². The van der Waals surface area contributed by atoms with E-state index in [2.05, 4.69) is 19.9 Å². The Bertz CT molecular complexity index is 992. The van der Waals surface area contributed by atoms with Crippen LogP contribution in [-0.2, 0) is 10.9 Å². The molecule has 1 fully saturated rings. The zero-order valence-electron chi connectivity index (χ0n) is 14.8. The Labute approximate surface area is 157 Å². The standard InChI is InChI=1S/C17H17F3N6O2/c1-10-9-28-11(8-27)6-25(10)14-2-3-21-16(24-14)12-4-23-15-5-22-13(7-26(12)15)17(18,19)20/h2-5,7,10-11,27H,6,8-9H2,1H3. The summed E-state index contributed by atoms with van der Waals surface area (Å²) in [6, 6.07) is 1.74. The molecule has 2 unspecified atom stereocenters. The molecule has 8 nitrogen and oxygen atoms in total. The van der Waals surface area contributed by atoms with Crippen molar-refractivity contribution in [3.8, 4) is 11.5 Å². The third kappa shape index (κ3) is 3.38. The van der Waals surface area contributed by atoms with E-state index in [4.69, 9.17) is 4.74 Å². The average Bonchev–Trinajstić information content (AvgIpc) is 3.11. The molecule has 1 aliphatic heterocycles. The molecule has 4 heterocycles. The van der Waals surface area contributed by atoms with Crippen LogP contribution in [0.15, 0.2) is 30.9 Å². The van der Waals surface area contributed by atoms with Gasteiger partial charge in [-0.25, -0.2) is 19.9 Å². The Morgan fingerprint density at radius 2 is 2.07 bits per heavy atom. The number of nitrogens with zero attached hydrogens (tertiary/aromatic N) is 6. The number of aliphatic hydroxyl groups is 1. The number of fused-ring (bicyclic) bond motifs is 1. The predicted molar refractivity (Wildman–Crippen MR) is 92.6 cm³/mol. The fourth-order valence-electron chi connectivity index (χ4n) is 3.08. The maximum absolute atomic E-state index is 13.0. The molecule has 0 amide bonds. The van der Waals surface area contributed by atoms with Gasteiger partial charge in [0.25, 0.3) is 0 Å². The van der Waals surface area contributed by atoms with Gasteiger partial charge in [0.05, 0.1) is 37.8 Å². The molecule has 0 spiro atoms. The molecule has 0 bridgehead atoms. The fraction of sp³-hybridized carbons (Fsp3) is 0.412. The highest BCUT2D eigenvalue weighted by Crippen LogP contribution is 2.29. The molecule has 1 N–H and O–H groups in total. The number of rotatable bonds is 3. The van der Waals surface area contributed by atoms with E-state index in [1.807, 2.05) is 11.8 Å². The topological polar surface area (TPSA) is 88.7 Å². The summed E-state index contributed by atoms with van der Waals surface area (Å²) in [5, 5.41) is 9.36. The lowest BCUT2D eigenvalue weighted by molar-refractivity contribution is -0.141. The largest absolute Gasteiger partial charge is 0.434 e. The first-order valence-corrected chi connectivity index (χ1v) is 8.59. The summed E-state index contributed by atoms with van der Waals surface area (Å²) in [4.78, 5) is 18.2. The van der Waals surface area contributed by atoms with Crippen molar-refractivity contribution in [1.29, 1.82) is 0 Å². The second-order valence-corrected chi connectivity index (χ2v) is 6.52. The zero-order chi connectivity index (χ0) is 19.9. The van der Waals surface area contributed by atoms with E-state index in [9.17, 15) is 18.3 Å². The molecule has 0 radical (unpaired) electrons. The van der Waals surface area contributed by atoms with Gasteiger partial charge in [0, 0.05) is 18.9 Å². The molecular formula is C17H17F3N6O2. The van der Waals surface area contributed by atoms with E-state index in [1.54, 1.807) is 12.3 Å². The number of halogens is 3. The summed E-state index contributed by atoms with van der Waals surface area (Å²) in [6.07, 6.45) is -0.0000562. The van der Waals surface area contributed by atoms with Crippen LogP contribution in [0.3, 0.4) is 0 Å². The maximum Gasteiger partial charge on any atom is 0.434 e. The van der Waals surface area contributed by atoms with Gasteiger partial charge in [-0.2, -0.15) is 13.2 Å². The molecular weight excluding hydrogens is 377 g/mol. The number of hydrogen-bond donors (Lipinski definition) is 1. The van der Waals surface area contributed by atoms with Crippen LogP contribution in [0.25, 0.3) is 17.2 Å². The second kappa shape index (κ2) is 6.99. The Morgan fingerprint density at radius 3 is 2.82 bits per heavy atom. The maximum atomic E-state index is 13.0. The van der Waals surface area contributed by atoms with Crippen molar-refractivity contribution in [3.63, 3.8) is 0 Å². The van der Waals surface area contributed by atoms with Crippen molar-refractivity contribution in [2.75, 3.05) is 24.7 Å². The van der Waals surface area contributed by atoms with Gasteiger partial charge in [-0.15, -0.1) is 0 Å². The predicted octanol–water partition coefficient (Wildman–Crippen LogP) is 1.79. The number of hydrogen-bond acceptors (Lipinski definition) is 7. The van der Waals surface area contributed by atoms with Crippen LogP contribution in [-0.4, -0.2) is 61.3 Å². The van der Waals surface area contributed by atoms with Crippen molar-refractivity contribution in [2.45, 2.75) is 25.2 Å². The lowest BCUT2D eigenvalue weighted by atomic mass is 10.2. The lowest BCUT2D eigenvalue weighted by Gasteiger charge is -2.38. The number of aliphatic hydroxyl groups excluding tert-OH is 1. The molecule has 3 aromatic heterocycles. The minimum atomic E-state index is -4.57. The number of imidazole rings is 1. The van der Waals surface area contributed by atoms with Crippen LogP contribution in [0.4, 0.5) is 19.0 Å². The first-order valence-electron chi connectivity index (χ1n) is 8.59. The van der Waals surface area contributed by atoms with Gasteiger partial charge in [0.1, 0.15) is 11.5 Å². The highest BCUT2D eigenvalue weighted by Gasteiger charge is 2.33. The number of ether oxygens (including phenoxy) is 1. The third-order valence-electron chi connectivity index (χ3n) is 4.56. The monoisotopic (exact) mass is 394 g/mol. The van der Waals surface area contributed by atoms with Gasteiger partial charge in [0.2, 0.25) is 0 Å². The minimum Gasteiger partial charge on any atom is -0.394 e. The molecule has 1 saturated heterocycles. The van der Waals surface area contributed by atoms with Crippen LogP contribution in [0.5, 0.6) is 0 Å². The molecule has 0 saturated carbocycles. The van der Waals surface area contributed by atoms with Crippen molar-refractivity contribution in [3.05, 3.63) is 36.5 Å². The SMILES string of the molecule is CC1COC(CO)CN1c1ccnc(-c2cnc3cnc(C(F)(F)F)cn23)n1. The molecule has 1 aliphatic rings. The quantitative estimate of drug-likeness (QED) is 0.725. The minimum absolute atomic E-state index is 0.0220. The molecule has 28 heavy (non-hydrogen) atoms. The molecule has 11 heteroatoms. The number of anilines is 1. The molecule has 3 aromatic rings. The van der Waals surface area contributed by atoms with Gasteiger partial charge >= 0.3 is 6.18 Å². The third-order valence-corrected chi connectivity index (χ3v) is 4.56. The van der Waals surface area contributed by atoms with Crippen molar-refractivity contribution < 1.29 is 23.0 Å². The van der Waals surface area contributed by atoms with Gasteiger partial charge in [-0.05, 0) is 13.0 Å². The van der Waals surface area contributed by atoms with Crippen LogP contribution < -0.4 is 4.90 Å². The Kier molecular flexibility index (Phi) is 4.63. The van der Waals surface area contributed by atoms with Gasteiger partial charge < -0.3 is 14.7 Å². The van der Waals surface area contributed by atoms with E-state index in [0.717, 1.165) is 12.4 Å². The first kappa shape index (κ1) is 18.6. The highest BCUT2D eigenvalue weighted by atomic mass is 19.4. The van der Waals surface area contributed by atoms with Crippen LogP contribution >= 0.6 is 0 Å². The Hall–Kier alpha value is -2.79. The summed E-state index contributed by atoms with van der Waals surface area (Å²) in [7, 11) is 0. The molecule has 2 atom stereocenters. The van der Waals surface area contributed by atoms with Crippen molar-refractivity contribution in [1.82, 2.24) is 24.3 Å². The Morgan fingerprint density at radius 1 is 1.25 bits per heavy atom. The van der Waals surface area contributed by atoms with E-state index in [0.29, 0.717) is 24.7 Å². The van der Waals surface area contributed by atoms with E-state index >= 15 is 0 Å². The molecule has 0 aliphatic carbocycles. The summed E-state index contributed by atoms with van der Waals surface area (Å²) in [5.74, 6) is 0.836. The second-order valence-electron chi connectivity index (χ2n) is 6.52. The Balaban J connectivity index is 1.73. The van der Waals surface area contributed by atoms with Crippen LogP contribution in [0, 0.1) is 0 Å². The lowest BCUT2D eigenvalue weighted by Crippen LogP contribution is -2.50. The van der Waals surface area contributed by atoms with Crippen LogP contribution in [0.1, 0.15) is 12.6 Å². The smallest absolute Gasteiger partial charge is 0.394 e. The number of aromatic nitrogens is 5. The molecule has 148 valence electrons. The van der Waals surface area contributed by atoms with Crippen molar-refractivity contribution in [2.24, 2.45) is 0 Å². The summed E-state index contributed by atoms with van der Waals surface area (Å²) < 4.78 is 45.8. The van der Waals surface area contributed by atoms with E-state index < -0.39 is 11.9 Å². The number of alkyl halides is 3. The van der Waals surface area contributed by atoms with E-state index in [1.165, 1.54) is 10.6 Å². The van der Waals surface area contributed by atoms with Gasteiger partial charge in [-0.1, -0.05) is 0 Å². The van der Waals surface area contributed by atoms with E-state index in [-0.39, 0.29) is 30.2 Å². The first-order chi connectivity index (χ1) is 13.4. The molecule has 4 rings (SSSR count). The van der Waals surface area contributed by atoms with Crippen molar-refractivity contribution >= 4 is 11.5 Å². The summed E-state index contributed by atoms with van der Waals surface area (Å²) in [6.45, 7) is 2.73. The summed E-state index contributed by atoms with van der Waals surface area (Å²) >= 11 is 0. The highest BCUT2D eigenvalue weighted by molar-refractivity contribution is 5.58. The van der Waals surface area contributed by atoms with Crippen LogP contribution in [0.2, 0.25) is 0 Å². The normalized spacial score (nSPS) is 20.7. The van der Waals surface area contributed by atoms with Gasteiger partial charge in [0.15, 0.2) is 17.2 Å². The average molecular weight is 394 g/mol.